The number of rotatable bonds is 8. The fraction of sp³-hybridized carbons (Fsp3) is 0.120. The van der Waals surface area contributed by atoms with Crippen molar-refractivity contribution >= 4 is 29.9 Å². The highest BCUT2D eigenvalue weighted by Gasteiger charge is 2.13. The van der Waals surface area contributed by atoms with Gasteiger partial charge in [0, 0.05) is 46.4 Å². The van der Waals surface area contributed by atoms with Gasteiger partial charge in [-0.2, -0.15) is 5.10 Å². The van der Waals surface area contributed by atoms with E-state index in [2.05, 4.69) is 15.5 Å². The number of esters is 1. The quantitative estimate of drug-likeness (QED) is 0.132. The number of aromatic nitrogens is 1. The van der Waals surface area contributed by atoms with Gasteiger partial charge >= 0.3 is 5.97 Å². The summed E-state index contributed by atoms with van der Waals surface area (Å²) in [6.07, 6.45) is 6.02. The molecule has 3 N–H and O–H groups in total. The van der Waals surface area contributed by atoms with Gasteiger partial charge in [0.2, 0.25) is 0 Å². The van der Waals surface area contributed by atoms with Crippen LogP contribution >= 0.6 is 0 Å². The first kappa shape index (κ1) is 24.0. The molecule has 0 bridgehead atoms. The molecule has 0 unspecified atom stereocenters. The van der Waals surface area contributed by atoms with Crippen molar-refractivity contribution in [2.24, 2.45) is 5.10 Å². The minimum absolute atomic E-state index is 0.280. The number of amides is 1. The predicted octanol–water partition coefficient (Wildman–Crippen LogP) is 3.45. The number of hydrogen-bond donors (Lipinski definition) is 2. The Morgan fingerprint density at radius 3 is 2.35 bits per heavy atom. The number of anilines is 1. The zero-order valence-electron chi connectivity index (χ0n) is 18.9. The summed E-state index contributed by atoms with van der Waals surface area (Å²) >= 11 is 0. The van der Waals surface area contributed by atoms with Gasteiger partial charge in [-0.15, -0.1) is 0 Å². The molecule has 0 aliphatic rings. The molecule has 0 spiro atoms. The summed E-state index contributed by atoms with van der Waals surface area (Å²) in [7, 11) is 3.03. The SMILES string of the molecule is COc1cc(N)c(/C=C(\C)C(=O)Oc2ccccc2/C=N/NC(=O)c2ccncc2)cc1OC. The number of nitrogens with zero attached hydrogens (tertiary/aromatic N) is 2. The molecule has 0 aliphatic carbocycles. The number of para-hydroxylation sites is 1. The second-order valence-electron chi connectivity index (χ2n) is 7.03. The van der Waals surface area contributed by atoms with E-state index in [1.807, 2.05) is 0 Å². The van der Waals surface area contributed by atoms with Crippen LogP contribution in [0.4, 0.5) is 5.69 Å². The van der Waals surface area contributed by atoms with E-state index in [0.29, 0.717) is 39.4 Å². The Kier molecular flexibility index (Phi) is 7.96. The molecule has 2 aromatic carbocycles. The lowest BCUT2D eigenvalue weighted by Gasteiger charge is -2.11. The van der Waals surface area contributed by atoms with Crippen LogP contribution < -0.4 is 25.4 Å². The number of methoxy groups -OCH3 is 2. The summed E-state index contributed by atoms with van der Waals surface area (Å²) in [5, 5.41) is 3.95. The minimum atomic E-state index is -0.573. The van der Waals surface area contributed by atoms with Gasteiger partial charge in [0.25, 0.3) is 5.91 Å². The lowest BCUT2D eigenvalue weighted by molar-refractivity contribution is -0.130. The van der Waals surface area contributed by atoms with Gasteiger partial charge in [-0.3, -0.25) is 9.78 Å². The Balaban J connectivity index is 1.73. The van der Waals surface area contributed by atoms with Crippen LogP contribution in [-0.2, 0) is 4.79 Å². The van der Waals surface area contributed by atoms with Crippen molar-refractivity contribution in [1.29, 1.82) is 0 Å². The van der Waals surface area contributed by atoms with Crippen LogP contribution in [-0.4, -0.2) is 37.3 Å². The van der Waals surface area contributed by atoms with Crippen molar-refractivity contribution in [3.63, 3.8) is 0 Å². The van der Waals surface area contributed by atoms with Crippen LogP contribution in [0.5, 0.6) is 17.2 Å². The first-order chi connectivity index (χ1) is 16.4. The van der Waals surface area contributed by atoms with E-state index in [9.17, 15) is 9.59 Å². The van der Waals surface area contributed by atoms with Crippen molar-refractivity contribution in [1.82, 2.24) is 10.4 Å². The third kappa shape index (κ3) is 5.98. The van der Waals surface area contributed by atoms with Crippen molar-refractivity contribution in [2.45, 2.75) is 6.92 Å². The van der Waals surface area contributed by atoms with E-state index in [1.165, 1.54) is 32.8 Å². The molecule has 0 radical (unpaired) electrons. The second kappa shape index (κ2) is 11.3. The molecule has 0 aliphatic heterocycles. The van der Waals surface area contributed by atoms with E-state index in [4.69, 9.17) is 19.9 Å². The first-order valence-electron chi connectivity index (χ1n) is 10.2. The number of benzene rings is 2. The summed E-state index contributed by atoms with van der Waals surface area (Å²) in [6.45, 7) is 1.62. The molecule has 1 aromatic heterocycles. The third-order valence-electron chi connectivity index (χ3n) is 4.72. The normalized spacial score (nSPS) is 11.2. The fourth-order valence-corrected chi connectivity index (χ4v) is 2.92. The number of carbonyl (C=O) groups excluding carboxylic acids is 2. The van der Waals surface area contributed by atoms with E-state index in [0.717, 1.165) is 0 Å². The predicted molar refractivity (Wildman–Crippen MR) is 129 cm³/mol. The molecule has 0 saturated carbocycles. The Bertz CT molecular complexity index is 1240. The van der Waals surface area contributed by atoms with Crippen LogP contribution in [0.1, 0.15) is 28.4 Å². The van der Waals surface area contributed by atoms with Crippen LogP contribution in [0.2, 0.25) is 0 Å². The highest BCUT2D eigenvalue weighted by molar-refractivity contribution is 5.97. The van der Waals surface area contributed by atoms with E-state index < -0.39 is 5.97 Å². The van der Waals surface area contributed by atoms with E-state index in [1.54, 1.807) is 61.5 Å². The average molecular weight is 460 g/mol. The number of carbonyl (C=O) groups is 2. The molecule has 9 nitrogen and oxygen atoms in total. The fourth-order valence-electron chi connectivity index (χ4n) is 2.92. The maximum absolute atomic E-state index is 12.7. The number of ether oxygens (including phenoxy) is 3. The molecule has 9 heteroatoms. The molecule has 1 heterocycles. The second-order valence-corrected chi connectivity index (χ2v) is 7.03. The lowest BCUT2D eigenvalue weighted by Crippen LogP contribution is -2.17. The van der Waals surface area contributed by atoms with Crippen LogP contribution in [0.3, 0.4) is 0 Å². The molecule has 1 amide bonds. The van der Waals surface area contributed by atoms with E-state index in [-0.39, 0.29) is 11.7 Å². The third-order valence-corrected chi connectivity index (χ3v) is 4.72. The zero-order valence-corrected chi connectivity index (χ0v) is 18.9. The standard InChI is InChI=1S/C25H24N4O5/c1-16(12-19-13-22(32-2)23(33-3)14-20(19)26)25(31)34-21-7-5-4-6-18(21)15-28-29-24(30)17-8-10-27-11-9-17/h4-15H,26H2,1-3H3,(H,29,30)/b16-12+,28-15+. The Labute approximate surface area is 196 Å². The number of nitrogens with two attached hydrogens (primary N) is 1. The van der Waals surface area contributed by atoms with Gasteiger partial charge in [0.15, 0.2) is 11.5 Å². The van der Waals surface area contributed by atoms with Gasteiger partial charge in [-0.1, -0.05) is 12.1 Å². The molecular formula is C25H24N4O5. The molecule has 34 heavy (non-hydrogen) atoms. The molecule has 0 saturated heterocycles. The topological polar surface area (TPSA) is 125 Å². The van der Waals surface area contributed by atoms with Crippen LogP contribution in [0, 0.1) is 0 Å². The maximum atomic E-state index is 12.7. The Morgan fingerprint density at radius 2 is 1.65 bits per heavy atom. The molecule has 174 valence electrons. The van der Waals surface area contributed by atoms with Crippen LogP contribution in [0.25, 0.3) is 6.08 Å². The van der Waals surface area contributed by atoms with Crippen LogP contribution in [0.15, 0.2) is 71.6 Å². The monoisotopic (exact) mass is 460 g/mol. The first-order valence-corrected chi connectivity index (χ1v) is 10.2. The molecular weight excluding hydrogens is 436 g/mol. The van der Waals surface area contributed by atoms with Crippen molar-refractivity contribution in [3.8, 4) is 17.2 Å². The zero-order chi connectivity index (χ0) is 24.5. The summed E-state index contributed by atoms with van der Waals surface area (Å²) < 4.78 is 16.1. The number of nitrogen functional groups attached to an aromatic ring is 1. The molecule has 0 fully saturated rings. The Morgan fingerprint density at radius 1 is 0.971 bits per heavy atom. The van der Waals surface area contributed by atoms with Gasteiger partial charge in [-0.05, 0) is 43.3 Å². The van der Waals surface area contributed by atoms with Crippen molar-refractivity contribution < 1.29 is 23.8 Å². The minimum Gasteiger partial charge on any atom is -0.493 e. The van der Waals surface area contributed by atoms with Gasteiger partial charge < -0.3 is 19.9 Å². The van der Waals surface area contributed by atoms with E-state index >= 15 is 0 Å². The van der Waals surface area contributed by atoms with Gasteiger partial charge in [0.1, 0.15) is 5.75 Å². The lowest BCUT2D eigenvalue weighted by atomic mass is 10.1. The smallest absolute Gasteiger partial charge is 0.339 e. The molecule has 3 rings (SSSR count). The number of nitrogens with one attached hydrogen (secondary N) is 1. The van der Waals surface area contributed by atoms with Gasteiger partial charge in [-0.25, -0.2) is 10.2 Å². The largest absolute Gasteiger partial charge is 0.493 e. The van der Waals surface area contributed by atoms with Crippen molar-refractivity contribution in [2.75, 3.05) is 20.0 Å². The van der Waals surface area contributed by atoms with Crippen molar-refractivity contribution in [3.05, 3.63) is 83.2 Å². The summed E-state index contributed by atoms with van der Waals surface area (Å²) in [5.41, 5.74) is 10.7. The number of hydrogen-bond acceptors (Lipinski definition) is 8. The average Bonchev–Trinajstić information content (AvgIpc) is 2.86. The molecule has 3 aromatic rings. The number of hydrazone groups is 1. The highest BCUT2D eigenvalue weighted by Crippen LogP contribution is 2.33. The maximum Gasteiger partial charge on any atom is 0.339 e. The summed E-state index contributed by atoms with van der Waals surface area (Å²) in [5.74, 6) is 0.291. The molecule has 0 atom stereocenters. The highest BCUT2D eigenvalue weighted by atomic mass is 16.5. The van der Waals surface area contributed by atoms with Gasteiger partial charge in [0.05, 0.1) is 20.4 Å². The number of pyridine rings is 1. The summed E-state index contributed by atoms with van der Waals surface area (Å²) in [6, 6.07) is 13.3. The summed E-state index contributed by atoms with van der Waals surface area (Å²) in [4.78, 5) is 28.7. The Hall–Kier alpha value is -4.66.